The maximum atomic E-state index is 12.1. The SMILES string of the molecule is CCNC(=NCC(c1cnn(C)c1)N(C)C)NCCC(=O)N(CC)CC.I. The third-order valence-electron chi connectivity index (χ3n) is 4.25. The van der Waals surface area contributed by atoms with Crippen molar-refractivity contribution in [2.24, 2.45) is 12.0 Å². The number of amides is 1. The molecule has 8 nitrogen and oxygen atoms in total. The number of nitrogens with zero attached hydrogens (tertiary/aromatic N) is 5. The molecule has 2 N–H and O–H groups in total. The number of likely N-dealkylation sites (N-methyl/N-ethyl adjacent to an activating group) is 1. The van der Waals surface area contributed by atoms with Gasteiger partial charge in [0.05, 0.1) is 18.8 Å². The van der Waals surface area contributed by atoms with Crippen molar-refractivity contribution < 1.29 is 4.79 Å². The molecule has 0 saturated heterocycles. The normalized spacial score (nSPS) is 12.5. The summed E-state index contributed by atoms with van der Waals surface area (Å²) in [6, 6.07) is 0.150. The van der Waals surface area contributed by atoms with E-state index < -0.39 is 0 Å². The summed E-state index contributed by atoms with van der Waals surface area (Å²) in [4.78, 5) is 20.8. The monoisotopic (exact) mass is 493 g/mol. The van der Waals surface area contributed by atoms with Crippen LogP contribution in [0.5, 0.6) is 0 Å². The molecule has 1 amide bonds. The standard InChI is InChI=1S/C18H35N7O.HI/c1-7-19-18(20-11-10-17(26)25(8-2)9-3)21-13-16(23(4)5)15-12-22-24(6)14-15;/h12,14,16H,7-11,13H2,1-6H3,(H2,19,20,21);1H. The molecule has 1 aromatic heterocycles. The van der Waals surface area contributed by atoms with Crippen LogP contribution in [0.25, 0.3) is 0 Å². The molecule has 0 spiro atoms. The molecule has 0 saturated carbocycles. The summed E-state index contributed by atoms with van der Waals surface area (Å²) < 4.78 is 1.80. The summed E-state index contributed by atoms with van der Waals surface area (Å²) in [6.45, 7) is 9.48. The van der Waals surface area contributed by atoms with E-state index in [2.05, 4.69) is 20.6 Å². The van der Waals surface area contributed by atoms with Crippen LogP contribution in [0.1, 0.15) is 38.8 Å². The van der Waals surface area contributed by atoms with Gasteiger partial charge >= 0.3 is 0 Å². The lowest BCUT2D eigenvalue weighted by Gasteiger charge is -2.22. The molecule has 1 aromatic rings. The molecule has 0 aliphatic rings. The van der Waals surface area contributed by atoms with Gasteiger partial charge in [0, 0.05) is 51.4 Å². The Kier molecular flexibility index (Phi) is 13.1. The lowest BCUT2D eigenvalue weighted by molar-refractivity contribution is -0.130. The number of carbonyl (C=O) groups excluding carboxylic acids is 1. The first-order chi connectivity index (χ1) is 12.4. The molecular formula is C18H36IN7O. The van der Waals surface area contributed by atoms with Gasteiger partial charge in [-0.15, -0.1) is 24.0 Å². The Morgan fingerprint density at radius 3 is 2.41 bits per heavy atom. The van der Waals surface area contributed by atoms with Crippen LogP contribution in [-0.4, -0.2) is 78.3 Å². The van der Waals surface area contributed by atoms with Gasteiger partial charge < -0.3 is 20.4 Å². The van der Waals surface area contributed by atoms with Gasteiger partial charge in [0.15, 0.2) is 5.96 Å². The number of guanidine groups is 1. The Bertz CT molecular complexity index is 570. The van der Waals surface area contributed by atoms with E-state index in [0.29, 0.717) is 19.5 Å². The smallest absolute Gasteiger partial charge is 0.224 e. The highest BCUT2D eigenvalue weighted by Crippen LogP contribution is 2.17. The molecule has 0 fully saturated rings. The summed E-state index contributed by atoms with van der Waals surface area (Å²) in [7, 11) is 5.99. The second-order valence-corrected chi connectivity index (χ2v) is 6.39. The van der Waals surface area contributed by atoms with E-state index in [4.69, 9.17) is 4.99 Å². The molecule has 1 atom stereocenters. The Morgan fingerprint density at radius 1 is 1.26 bits per heavy atom. The van der Waals surface area contributed by atoms with E-state index >= 15 is 0 Å². The highest BCUT2D eigenvalue weighted by Gasteiger charge is 2.16. The number of halogens is 1. The molecule has 1 heterocycles. The number of carbonyl (C=O) groups is 1. The third-order valence-corrected chi connectivity index (χ3v) is 4.25. The summed E-state index contributed by atoms with van der Waals surface area (Å²) in [6.07, 6.45) is 4.36. The summed E-state index contributed by atoms with van der Waals surface area (Å²) in [5.41, 5.74) is 1.13. The minimum atomic E-state index is 0. The van der Waals surface area contributed by atoms with E-state index in [1.165, 1.54) is 0 Å². The maximum Gasteiger partial charge on any atom is 0.224 e. The predicted molar refractivity (Wildman–Crippen MR) is 122 cm³/mol. The van der Waals surface area contributed by atoms with Crippen LogP contribution in [0.2, 0.25) is 0 Å². The summed E-state index contributed by atoms with van der Waals surface area (Å²) in [5, 5.41) is 10.7. The minimum Gasteiger partial charge on any atom is -0.357 e. The van der Waals surface area contributed by atoms with Crippen molar-refractivity contribution in [2.75, 3.05) is 46.8 Å². The van der Waals surface area contributed by atoms with Crippen LogP contribution in [0.3, 0.4) is 0 Å². The fourth-order valence-electron chi connectivity index (χ4n) is 2.72. The van der Waals surface area contributed by atoms with Crippen LogP contribution in [-0.2, 0) is 11.8 Å². The molecule has 0 bridgehead atoms. The lowest BCUT2D eigenvalue weighted by Crippen LogP contribution is -2.40. The van der Waals surface area contributed by atoms with Crippen LogP contribution < -0.4 is 10.6 Å². The van der Waals surface area contributed by atoms with Crippen LogP contribution in [0, 0.1) is 0 Å². The highest BCUT2D eigenvalue weighted by molar-refractivity contribution is 14.0. The average Bonchev–Trinajstić information content (AvgIpc) is 3.02. The van der Waals surface area contributed by atoms with E-state index in [1.807, 2.05) is 59.2 Å². The zero-order valence-electron chi connectivity index (χ0n) is 17.5. The number of aliphatic imine (C=N–C) groups is 1. The van der Waals surface area contributed by atoms with Gasteiger partial charge in [-0.25, -0.2) is 0 Å². The molecule has 0 aromatic carbocycles. The van der Waals surface area contributed by atoms with E-state index in [1.54, 1.807) is 4.68 Å². The third kappa shape index (κ3) is 8.91. The molecule has 1 rings (SSSR count). The molecule has 27 heavy (non-hydrogen) atoms. The van der Waals surface area contributed by atoms with E-state index in [-0.39, 0.29) is 35.9 Å². The largest absolute Gasteiger partial charge is 0.357 e. The first-order valence-electron chi connectivity index (χ1n) is 9.37. The quantitative estimate of drug-likeness (QED) is 0.293. The second-order valence-electron chi connectivity index (χ2n) is 6.39. The zero-order valence-corrected chi connectivity index (χ0v) is 19.9. The van der Waals surface area contributed by atoms with Gasteiger partial charge in [0.1, 0.15) is 0 Å². The molecule has 0 radical (unpaired) electrons. The Labute approximate surface area is 180 Å². The van der Waals surface area contributed by atoms with Gasteiger partial charge in [-0.3, -0.25) is 14.5 Å². The van der Waals surface area contributed by atoms with Crippen molar-refractivity contribution in [1.82, 2.24) is 30.2 Å². The van der Waals surface area contributed by atoms with Crippen molar-refractivity contribution in [3.8, 4) is 0 Å². The van der Waals surface area contributed by atoms with Crippen molar-refractivity contribution in [2.45, 2.75) is 33.2 Å². The second kappa shape index (κ2) is 13.8. The summed E-state index contributed by atoms with van der Waals surface area (Å²) >= 11 is 0. The number of rotatable bonds is 10. The van der Waals surface area contributed by atoms with Gasteiger partial charge in [-0.2, -0.15) is 5.10 Å². The molecule has 156 valence electrons. The maximum absolute atomic E-state index is 12.1. The number of hydrogen-bond donors (Lipinski definition) is 2. The van der Waals surface area contributed by atoms with E-state index in [0.717, 1.165) is 31.2 Å². The Hall–Kier alpha value is -1.36. The summed E-state index contributed by atoms with van der Waals surface area (Å²) in [5.74, 6) is 0.899. The Morgan fingerprint density at radius 2 is 1.93 bits per heavy atom. The van der Waals surface area contributed by atoms with Gasteiger partial charge in [-0.05, 0) is 34.9 Å². The molecule has 9 heteroatoms. The number of aryl methyl sites for hydroxylation is 1. The number of aromatic nitrogens is 2. The first kappa shape index (κ1) is 25.6. The number of nitrogens with one attached hydrogen (secondary N) is 2. The minimum absolute atomic E-state index is 0. The number of hydrogen-bond acceptors (Lipinski definition) is 4. The van der Waals surface area contributed by atoms with E-state index in [9.17, 15) is 4.79 Å². The van der Waals surface area contributed by atoms with Crippen LogP contribution in [0.4, 0.5) is 0 Å². The first-order valence-corrected chi connectivity index (χ1v) is 9.37. The van der Waals surface area contributed by atoms with Crippen molar-refractivity contribution in [3.63, 3.8) is 0 Å². The van der Waals surface area contributed by atoms with Crippen molar-refractivity contribution in [1.29, 1.82) is 0 Å². The fraction of sp³-hybridized carbons (Fsp3) is 0.722. The molecule has 0 aliphatic carbocycles. The average molecular weight is 493 g/mol. The lowest BCUT2D eigenvalue weighted by atomic mass is 10.1. The van der Waals surface area contributed by atoms with Crippen molar-refractivity contribution >= 4 is 35.8 Å². The van der Waals surface area contributed by atoms with Crippen molar-refractivity contribution in [3.05, 3.63) is 18.0 Å². The van der Waals surface area contributed by atoms with Gasteiger partial charge in [-0.1, -0.05) is 0 Å². The van der Waals surface area contributed by atoms with Gasteiger partial charge in [0.25, 0.3) is 0 Å². The zero-order chi connectivity index (χ0) is 19.5. The predicted octanol–water partition coefficient (Wildman–Crippen LogP) is 1.45. The fourth-order valence-corrected chi connectivity index (χ4v) is 2.72. The Balaban J connectivity index is 0.00000676. The van der Waals surface area contributed by atoms with Crippen LogP contribution >= 0.6 is 24.0 Å². The topological polar surface area (TPSA) is 77.8 Å². The van der Waals surface area contributed by atoms with Crippen LogP contribution in [0.15, 0.2) is 17.4 Å². The highest BCUT2D eigenvalue weighted by atomic mass is 127. The molecule has 1 unspecified atom stereocenters. The molecular weight excluding hydrogens is 457 g/mol. The molecule has 0 aliphatic heterocycles. The van der Waals surface area contributed by atoms with Gasteiger partial charge in [0.2, 0.25) is 5.91 Å².